The molecule has 1 aliphatic heterocycles. The molecule has 0 bridgehead atoms. The maximum atomic E-state index is 13.1. The van der Waals surface area contributed by atoms with Crippen LogP contribution in [0.25, 0.3) is 10.8 Å². The van der Waals surface area contributed by atoms with E-state index >= 15 is 0 Å². The molecule has 0 atom stereocenters. The van der Waals surface area contributed by atoms with Gasteiger partial charge in [-0.15, -0.1) is 0 Å². The van der Waals surface area contributed by atoms with Crippen LogP contribution in [-0.4, -0.2) is 56.8 Å². The van der Waals surface area contributed by atoms with Gasteiger partial charge in [-0.1, -0.05) is 24.3 Å². The van der Waals surface area contributed by atoms with Gasteiger partial charge >= 0.3 is 5.69 Å². The highest BCUT2D eigenvalue weighted by Crippen LogP contribution is 2.18. The summed E-state index contributed by atoms with van der Waals surface area (Å²) in [5, 5.41) is 1.85. The fourth-order valence-corrected chi connectivity index (χ4v) is 3.62. The number of carbonyl (C=O) groups excluding carboxylic acids is 1. The minimum absolute atomic E-state index is 0.0665. The second-order valence-electron chi connectivity index (χ2n) is 6.92. The Morgan fingerprint density at radius 2 is 1.89 bits per heavy atom. The van der Waals surface area contributed by atoms with Crippen LogP contribution in [-0.2, 0) is 6.54 Å². The third-order valence-corrected chi connectivity index (χ3v) is 4.96. The summed E-state index contributed by atoms with van der Waals surface area (Å²) in [6, 6.07) is 11.0. The Kier molecular flexibility index (Phi) is 5.03. The van der Waals surface area contributed by atoms with Gasteiger partial charge in [-0.3, -0.25) is 24.5 Å². The van der Waals surface area contributed by atoms with Crippen molar-refractivity contribution < 1.29 is 4.79 Å². The van der Waals surface area contributed by atoms with Crippen molar-refractivity contribution in [1.82, 2.24) is 24.8 Å². The van der Waals surface area contributed by atoms with E-state index in [1.807, 2.05) is 35.2 Å². The standard InChI is InChI=1S/C20H21N5O3/c26-17-12-15(22-20(28)23-17)13-24-8-3-9-25(11-10-24)19(27)18-16-5-2-1-4-14(16)6-7-21-18/h1-2,4-7,12H,3,8-11,13H2,(H2,22,23,26,28). The Balaban J connectivity index is 1.48. The molecule has 3 aromatic rings. The van der Waals surface area contributed by atoms with Crippen molar-refractivity contribution in [2.24, 2.45) is 0 Å². The monoisotopic (exact) mass is 379 g/mol. The molecule has 2 aromatic heterocycles. The third kappa shape index (κ3) is 3.86. The van der Waals surface area contributed by atoms with Gasteiger partial charge in [0.25, 0.3) is 11.5 Å². The van der Waals surface area contributed by atoms with Crippen molar-refractivity contribution in [2.45, 2.75) is 13.0 Å². The normalized spacial score (nSPS) is 15.5. The number of rotatable bonds is 3. The lowest BCUT2D eigenvalue weighted by Crippen LogP contribution is -2.36. The van der Waals surface area contributed by atoms with E-state index in [4.69, 9.17) is 0 Å². The van der Waals surface area contributed by atoms with E-state index in [9.17, 15) is 14.4 Å². The van der Waals surface area contributed by atoms with Gasteiger partial charge in [-0.2, -0.15) is 0 Å². The molecule has 4 rings (SSSR count). The first kappa shape index (κ1) is 18.1. The number of aromatic nitrogens is 3. The van der Waals surface area contributed by atoms with Crippen LogP contribution in [0.1, 0.15) is 22.6 Å². The lowest BCUT2D eigenvalue weighted by atomic mass is 10.1. The Hall–Kier alpha value is -3.26. The summed E-state index contributed by atoms with van der Waals surface area (Å²) in [5.74, 6) is -0.0665. The average molecular weight is 379 g/mol. The molecule has 28 heavy (non-hydrogen) atoms. The van der Waals surface area contributed by atoms with E-state index in [0.717, 1.165) is 23.7 Å². The number of hydrogen-bond donors (Lipinski definition) is 2. The Morgan fingerprint density at radius 3 is 2.75 bits per heavy atom. The number of benzene rings is 1. The highest BCUT2D eigenvalue weighted by molar-refractivity contribution is 6.05. The Morgan fingerprint density at radius 1 is 1.04 bits per heavy atom. The minimum atomic E-state index is -0.504. The molecule has 8 heteroatoms. The molecule has 0 unspecified atom stereocenters. The van der Waals surface area contributed by atoms with Gasteiger partial charge in [-0.05, 0) is 17.9 Å². The van der Waals surface area contributed by atoms with Crippen LogP contribution in [0, 0.1) is 0 Å². The van der Waals surface area contributed by atoms with Crippen LogP contribution in [0.15, 0.2) is 52.2 Å². The number of aromatic amines is 2. The van der Waals surface area contributed by atoms with Crippen LogP contribution in [0.4, 0.5) is 0 Å². The first-order chi connectivity index (χ1) is 13.6. The summed E-state index contributed by atoms with van der Waals surface area (Å²) < 4.78 is 0. The second-order valence-corrected chi connectivity index (χ2v) is 6.92. The first-order valence-electron chi connectivity index (χ1n) is 9.28. The summed E-state index contributed by atoms with van der Waals surface area (Å²) in [6.45, 7) is 3.11. The fourth-order valence-electron chi connectivity index (χ4n) is 3.62. The van der Waals surface area contributed by atoms with E-state index in [1.165, 1.54) is 6.07 Å². The molecule has 0 radical (unpaired) electrons. The molecule has 8 nitrogen and oxygen atoms in total. The van der Waals surface area contributed by atoms with Gasteiger partial charge in [-0.25, -0.2) is 4.79 Å². The Bertz CT molecular complexity index is 1090. The molecule has 0 saturated carbocycles. The highest BCUT2D eigenvalue weighted by atomic mass is 16.2. The Labute approximate surface area is 160 Å². The highest BCUT2D eigenvalue weighted by Gasteiger charge is 2.22. The van der Waals surface area contributed by atoms with Crippen LogP contribution in [0.3, 0.4) is 0 Å². The van der Waals surface area contributed by atoms with Gasteiger partial charge in [0, 0.05) is 56.1 Å². The topological polar surface area (TPSA) is 102 Å². The minimum Gasteiger partial charge on any atom is -0.336 e. The number of nitrogens with one attached hydrogen (secondary N) is 2. The predicted molar refractivity (Wildman–Crippen MR) is 105 cm³/mol. The first-order valence-corrected chi connectivity index (χ1v) is 9.28. The van der Waals surface area contributed by atoms with Crippen molar-refractivity contribution in [3.8, 4) is 0 Å². The van der Waals surface area contributed by atoms with Crippen molar-refractivity contribution >= 4 is 16.7 Å². The summed E-state index contributed by atoms with van der Waals surface area (Å²) in [5.41, 5.74) is 0.137. The van der Waals surface area contributed by atoms with Gasteiger partial charge in [0.2, 0.25) is 0 Å². The molecule has 0 aliphatic carbocycles. The maximum absolute atomic E-state index is 13.1. The van der Waals surface area contributed by atoms with Crippen molar-refractivity contribution in [1.29, 1.82) is 0 Å². The SMILES string of the molecule is O=C(c1nccc2ccccc12)N1CCCN(Cc2cc(=O)[nH]c(=O)[nH]2)CC1. The van der Waals surface area contributed by atoms with Gasteiger partial charge in [0.05, 0.1) is 0 Å². The maximum Gasteiger partial charge on any atom is 0.325 e. The molecular weight excluding hydrogens is 358 g/mol. The van der Waals surface area contributed by atoms with E-state index in [1.54, 1.807) is 6.20 Å². The molecule has 1 fully saturated rings. The summed E-state index contributed by atoms with van der Waals surface area (Å²) >= 11 is 0. The zero-order valence-corrected chi connectivity index (χ0v) is 15.4. The lowest BCUT2D eigenvalue weighted by molar-refractivity contribution is 0.0757. The summed E-state index contributed by atoms with van der Waals surface area (Å²) in [6.07, 6.45) is 2.48. The summed E-state index contributed by atoms with van der Waals surface area (Å²) in [7, 11) is 0. The summed E-state index contributed by atoms with van der Waals surface area (Å²) in [4.78, 5) is 49.1. The number of amides is 1. The number of pyridine rings is 1. The molecule has 1 aliphatic rings. The van der Waals surface area contributed by atoms with Gasteiger partial charge in [0.15, 0.2) is 0 Å². The molecule has 144 valence electrons. The molecule has 3 heterocycles. The van der Waals surface area contributed by atoms with Crippen molar-refractivity contribution in [2.75, 3.05) is 26.2 Å². The molecule has 1 amide bonds. The molecule has 2 N–H and O–H groups in total. The van der Waals surface area contributed by atoms with Crippen LogP contribution >= 0.6 is 0 Å². The molecule has 1 saturated heterocycles. The van der Waals surface area contributed by atoms with Crippen LogP contribution in [0.5, 0.6) is 0 Å². The number of fused-ring (bicyclic) bond motifs is 1. The number of H-pyrrole nitrogens is 2. The number of hydrogen-bond acceptors (Lipinski definition) is 5. The van der Waals surface area contributed by atoms with Gasteiger partial charge in [0.1, 0.15) is 5.69 Å². The average Bonchev–Trinajstić information content (AvgIpc) is 2.92. The largest absolute Gasteiger partial charge is 0.336 e. The van der Waals surface area contributed by atoms with E-state index < -0.39 is 11.2 Å². The third-order valence-electron chi connectivity index (χ3n) is 4.96. The molecule has 0 spiro atoms. The van der Waals surface area contributed by atoms with Crippen molar-refractivity contribution in [3.63, 3.8) is 0 Å². The van der Waals surface area contributed by atoms with Crippen LogP contribution in [0.2, 0.25) is 0 Å². The molecule has 1 aromatic carbocycles. The van der Waals surface area contributed by atoms with Crippen LogP contribution < -0.4 is 11.2 Å². The zero-order chi connectivity index (χ0) is 19.5. The van der Waals surface area contributed by atoms with E-state index in [0.29, 0.717) is 37.6 Å². The van der Waals surface area contributed by atoms with E-state index in [2.05, 4.69) is 19.9 Å². The zero-order valence-electron chi connectivity index (χ0n) is 15.4. The number of carbonyl (C=O) groups is 1. The smallest absolute Gasteiger partial charge is 0.325 e. The van der Waals surface area contributed by atoms with Crippen molar-refractivity contribution in [3.05, 3.63) is 74.8 Å². The predicted octanol–water partition coefficient (Wildman–Crippen LogP) is 0.960. The number of nitrogens with zero attached hydrogens (tertiary/aromatic N) is 3. The lowest BCUT2D eigenvalue weighted by Gasteiger charge is -2.22. The fraction of sp³-hybridized carbons (Fsp3) is 0.300. The van der Waals surface area contributed by atoms with E-state index in [-0.39, 0.29) is 5.91 Å². The second kappa shape index (κ2) is 7.77. The quantitative estimate of drug-likeness (QED) is 0.706. The van der Waals surface area contributed by atoms with Gasteiger partial charge < -0.3 is 9.88 Å². The molecular formula is C20H21N5O3.